The quantitative estimate of drug-likeness (QED) is 0.911. The number of hydrogen-bond acceptors (Lipinski definition) is 2. The molecule has 0 amide bonds. The fraction of sp³-hybridized carbons (Fsp3) is 0.647. The maximum Gasteiger partial charge on any atom is 0.126 e. The molecule has 2 nitrogen and oxygen atoms in total. The molecule has 0 spiro atoms. The van der Waals surface area contributed by atoms with Gasteiger partial charge in [-0.15, -0.1) is 0 Å². The molecule has 1 aromatic carbocycles. The Balaban J connectivity index is 1.60. The van der Waals surface area contributed by atoms with Crippen LogP contribution in [0.1, 0.15) is 50.3 Å². The highest BCUT2D eigenvalue weighted by Gasteiger charge is 2.28. The van der Waals surface area contributed by atoms with E-state index in [0.717, 1.165) is 18.4 Å². The summed E-state index contributed by atoms with van der Waals surface area (Å²) in [6.45, 7) is 6.89. The van der Waals surface area contributed by atoms with Crippen LogP contribution in [0.4, 0.5) is 4.39 Å². The first-order valence-corrected chi connectivity index (χ1v) is 7.92. The average molecular weight is 276 g/mol. The van der Waals surface area contributed by atoms with Gasteiger partial charge in [0.2, 0.25) is 0 Å². The lowest BCUT2D eigenvalue weighted by Gasteiger charge is -2.36. The van der Waals surface area contributed by atoms with Crippen LogP contribution in [0.5, 0.6) is 0 Å². The van der Waals surface area contributed by atoms with Gasteiger partial charge in [-0.3, -0.25) is 0 Å². The molecule has 0 radical (unpaired) electrons. The molecule has 3 heteroatoms. The van der Waals surface area contributed by atoms with E-state index in [0.29, 0.717) is 18.1 Å². The summed E-state index contributed by atoms with van der Waals surface area (Å²) < 4.78 is 13.7. The number of piperidine rings is 1. The van der Waals surface area contributed by atoms with E-state index < -0.39 is 0 Å². The molecule has 1 aliphatic carbocycles. The summed E-state index contributed by atoms with van der Waals surface area (Å²) in [6, 6.07) is 7.11. The topological polar surface area (TPSA) is 15.3 Å². The van der Waals surface area contributed by atoms with Gasteiger partial charge in [-0.05, 0) is 69.8 Å². The zero-order chi connectivity index (χ0) is 14.1. The molecule has 1 fully saturated rings. The molecule has 1 heterocycles. The first kappa shape index (κ1) is 14.0. The second kappa shape index (κ2) is 5.82. The largest absolute Gasteiger partial charge is 0.307 e. The standard InChI is InChI=1S/C17H25FN2/c1-12(2)20-10-8-13(9-11-20)19-17-7-6-14-15(17)4-3-5-16(14)18/h3-5,12-13,17,19H,6-11H2,1-2H3. The van der Waals surface area contributed by atoms with Crippen molar-refractivity contribution in [3.8, 4) is 0 Å². The van der Waals surface area contributed by atoms with Crippen LogP contribution >= 0.6 is 0 Å². The molecule has 0 saturated carbocycles. The van der Waals surface area contributed by atoms with Crippen molar-refractivity contribution in [1.82, 2.24) is 10.2 Å². The van der Waals surface area contributed by atoms with Crippen molar-refractivity contribution in [2.24, 2.45) is 0 Å². The Morgan fingerprint density at radius 3 is 2.65 bits per heavy atom. The molecule has 1 saturated heterocycles. The molecule has 3 rings (SSSR count). The Hall–Kier alpha value is -0.930. The van der Waals surface area contributed by atoms with Crippen molar-refractivity contribution in [2.45, 2.75) is 57.7 Å². The van der Waals surface area contributed by atoms with Gasteiger partial charge in [0, 0.05) is 18.1 Å². The minimum Gasteiger partial charge on any atom is -0.307 e. The first-order chi connectivity index (χ1) is 9.65. The lowest BCUT2D eigenvalue weighted by Crippen LogP contribution is -2.45. The molecule has 2 aliphatic rings. The van der Waals surface area contributed by atoms with E-state index in [4.69, 9.17) is 0 Å². The number of nitrogens with zero attached hydrogens (tertiary/aromatic N) is 1. The summed E-state index contributed by atoms with van der Waals surface area (Å²) in [4.78, 5) is 2.54. The summed E-state index contributed by atoms with van der Waals surface area (Å²) in [5.74, 6) is -0.0265. The minimum absolute atomic E-state index is 0.0265. The molecule has 1 atom stereocenters. The highest BCUT2D eigenvalue weighted by molar-refractivity contribution is 5.35. The van der Waals surface area contributed by atoms with Crippen molar-refractivity contribution in [3.63, 3.8) is 0 Å². The molecule has 1 N–H and O–H groups in total. The fourth-order valence-corrected chi connectivity index (χ4v) is 3.65. The average Bonchev–Trinajstić information content (AvgIpc) is 2.84. The summed E-state index contributed by atoms with van der Waals surface area (Å²) in [5, 5.41) is 3.77. The number of benzene rings is 1. The zero-order valence-electron chi connectivity index (χ0n) is 12.5. The molecule has 1 aliphatic heterocycles. The normalized spacial score (nSPS) is 24.3. The number of nitrogens with one attached hydrogen (secondary N) is 1. The number of hydrogen-bond donors (Lipinski definition) is 1. The van der Waals surface area contributed by atoms with Crippen LogP contribution in [-0.2, 0) is 6.42 Å². The van der Waals surface area contributed by atoms with E-state index in [1.165, 1.54) is 31.5 Å². The first-order valence-electron chi connectivity index (χ1n) is 7.92. The highest BCUT2D eigenvalue weighted by Crippen LogP contribution is 2.33. The second-order valence-corrected chi connectivity index (χ2v) is 6.47. The number of rotatable bonds is 3. The van der Waals surface area contributed by atoms with Crippen LogP contribution in [0.15, 0.2) is 18.2 Å². The van der Waals surface area contributed by atoms with Gasteiger partial charge in [-0.25, -0.2) is 4.39 Å². The summed E-state index contributed by atoms with van der Waals surface area (Å²) >= 11 is 0. The molecule has 0 aromatic heterocycles. The molecular weight excluding hydrogens is 251 g/mol. The Labute approximate surface area is 121 Å². The Morgan fingerprint density at radius 2 is 1.95 bits per heavy atom. The van der Waals surface area contributed by atoms with E-state index >= 15 is 0 Å². The number of halogens is 1. The monoisotopic (exact) mass is 276 g/mol. The van der Waals surface area contributed by atoms with Gasteiger partial charge in [0.05, 0.1) is 0 Å². The molecule has 110 valence electrons. The Morgan fingerprint density at radius 1 is 1.20 bits per heavy atom. The van der Waals surface area contributed by atoms with Crippen molar-refractivity contribution in [3.05, 3.63) is 35.1 Å². The van der Waals surface area contributed by atoms with Crippen molar-refractivity contribution < 1.29 is 4.39 Å². The predicted octanol–water partition coefficient (Wildman–Crippen LogP) is 3.28. The van der Waals surface area contributed by atoms with Crippen molar-refractivity contribution in [2.75, 3.05) is 13.1 Å². The predicted molar refractivity (Wildman–Crippen MR) is 80.3 cm³/mol. The van der Waals surface area contributed by atoms with Crippen LogP contribution < -0.4 is 5.32 Å². The second-order valence-electron chi connectivity index (χ2n) is 6.47. The van der Waals surface area contributed by atoms with Crippen LogP contribution in [0, 0.1) is 5.82 Å². The highest BCUT2D eigenvalue weighted by atomic mass is 19.1. The maximum atomic E-state index is 13.7. The summed E-state index contributed by atoms with van der Waals surface area (Å²) in [6.07, 6.45) is 4.34. The van der Waals surface area contributed by atoms with E-state index in [9.17, 15) is 4.39 Å². The van der Waals surface area contributed by atoms with Gasteiger partial charge < -0.3 is 10.2 Å². The van der Waals surface area contributed by atoms with Crippen molar-refractivity contribution >= 4 is 0 Å². The van der Waals surface area contributed by atoms with E-state index in [-0.39, 0.29) is 5.82 Å². The molecule has 1 unspecified atom stereocenters. The SMILES string of the molecule is CC(C)N1CCC(NC2CCc3c(F)cccc32)CC1. The Kier molecular flexibility index (Phi) is 4.08. The van der Waals surface area contributed by atoms with E-state index in [1.54, 1.807) is 6.07 Å². The molecule has 1 aromatic rings. The summed E-state index contributed by atoms with van der Waals surface area (Å²) in [5.41, 5.74) is 2.13. The lowest BCUT2D eigenvalue weighted by atomic mass is 10.0. The third kappa shape index (κ3) is 2.75. The fourth-order valence-electron chi connectivity index (χ4n) is 3.65. The third-order valence-corrected chi connectivity index (χ3v) is 4.91. The maximum absolute atomic E-state index is 13.7. The molecular formula is C17H25FN2. The van der Waals surface area contributed by atoms with Crippen LogP contribution in [0.3, 0.4) is 0 Å². The van der Waals surface area contributed by atoms with Crippen LogP contribution in [0.2, 0.25) is 0 Å². The van der Waals surface area contributed by atoms with Gasteiger partial charge in [-0.1, -0.05) is 12.1 Å². The van der Waals surface area contributed by atoms with Crippen molar-refractivity contribution in [1.29, 1.82) is 0 Å². The molecule has 20 heavy (non-hydrogen) atoms. The van der Waals surface area contributed by atoms with E-state index in [2.05, 4.69) is 30.1 Å². The number of fused-ring (bicyclic) bond motifs is 1. The van der Waals surface area contributed by atoms with Gasteiger partial charge in [0.15, 0.2) is 0 Å². The van der Waals surface area contributed by atoms with E-state index in [1.807, 2.05) is 6.07 Å². The summed E-state index contributed by atoms with van der Waals surface area (Å²) in [7, 11) is 0. The van der Waals surface area contributed by atoms with Crippen LogP contribution in [0.25, 0.3) is 0 Å². The van der Waals surface area contributed by atoms with Gasteiger partial charge in [-0.2, -0.15) is 0 Å². The third-order valence-electron chi connectivity index (χ3n) is 4.91. The van der Waals surface area contributed by atoms with Gasteiger partial charge in [0.25, 0.3) is 0 Å². The Bertz CT molecular complexity index is 464. The van der Waals surface area contributed by atoms with Gasteiger partial charge >= 0.3 is 0 Å². The number of likely N-dealkylation sites (tertiary alicyclic amines) is 1. The zero-order valence-corrected chi connectivity index (χ0v) is 12.5. The molecule has 0 bridgehead atoms. The van der Waals surface area contributed by atoms with Gasteiger partial charge in [0.1, 0.15) is 5.82 Å². The smallest absolute Gasteiger partial charge is 0.126 e. The lowest BCUT2D eigenvalue weighted by molar-refractivity contribution is 0.156. The minimum atomic E-state index is -0.0265. The van der Waals surface area contributed by atoms with Crippen LogP contribution in [-0.4, -0.2) is 30.1 Å².